The smallest absolute Gasteiger partial charge is 0.338 e. The Morgan fingerprint density at radius 1 is 1.38 bits per heavy atom. The third kappa shape index (κ3) is 2.74. The van der Waals surface area contributed by atoms with Crippen LogP contribution >= 0.6 is 12.4 Å². The largest absolute Gasteiger partial charge is 0.462 e. The number of esters is 1. The van der Waals surface area contributed by atoms with Crippen molar-refractivity contribution in [3.63, 3.8) is 0 Å². The van der Waals surface area contributed by atoms with E-state index in [1.54, 1.807) is 25.1 Å². The van der Waals surface area contributed by atoms with Gasteiger partial charge in [-0.25, -0.2) is 4.79 Å². The molecule has 2 N–H and O–H groups in total. The minimum absolute atomic E-state index is 0. The van der Waals surface area contributed by atoms with Gasteiger partial charge in [-0.15, -0.1) is 12.4 Å². The summed E-state index contributed by atoms with van der Waals surface area (Å²) < 4.78 is 5.01. The first-order valence-corrected chi connectivity index (χ1v) is 6.80. The lowest BCUT2D eigenvalue weighted by atomic mass is 10.0. The van der Waals surface area contributed by atoms with Crippen molar-refractivity contribution in [1.29, 1.82) is 0 Å². The summed E-state index contributed by atoms with van der Waals surface area (Å²) in [5.74, 6) is -0.342. The average molecular weight is 309 g/mol. The predicted octanol–water partition coefficient (Wildman–Crippen LogP) is 2.48. The Bertz CT molecular complexity index is 740. The molecule has 1 aliphatic rings. The number of anilines is 1. The van der Waals surface area contributed by atoms with Crippen LogP contribution in [0.25, 0.3) is 10.9 Å². The molecule has 21 heavy (non-hydrogen) atoms. The highest BCUT2D eigenvalue weighted by molar-refractivity contribution is 5.99. The van der Waals surface area contributed by atoms with E-state index in [2.05, 4.69) is 10.3 Å². The molecule has 0 fully saturated rings. The van der Waals surface area contributed by atoms with Crippen molar-refractivity contribution in [2.24, 2.45) is 0 Å². The lowest BCUT2D eigenvalue weighted by Gasteiger charge is -2.19. The normalized spacial score (nSPS) is 13.0. The summed E-state index contributed by atoms with van der Waals surface area (Å²) >= 11 is 0. The van der Waals surface area contributed by atoms with Crippen LogP contribution in [-0.2, 0) is 11.2 Å². The van der Waals surface area contributed by atoms with Gasteiger partial charge in [0.25, 0.3) is 5.56 Å². The second-order valence-corrected chi connectivity index (χ2v) is 4.82. The van der Waals surface area contributed by atoms with Crippen molar-refractivity contribution in [2.75, 3.05) is 18.5 Å². The van der Waals surface area contributed by atoms with Crippen molar-refractivity contribution < 1.29 is 9.53 Å². The van der Waals surface area contributed by atoms with E-state index >= 15 is 0 Å². The third-order valence-electron chi connectivity index (χ3n) is 3.53. The first kappa shape index (κ1) is 15.4. The van der Waals surface area contributed by atoms with Gasteiger partial charge in [0.2, 0.25) is 0 Å². The predicted molar refractivity (Wildman–Crippen MR) is 84.6 cm³/mol. The maximum Gasteiger partial charge on any atom is 0.338 e. The zero-order valence-electron chi connectivity index (χ0n) is 11.7. The Morgan fingerprint density at radius 3 is 2.95 bits per heavy atom. The molecular formula is C15H17ClN2O3. The Kier molecular flexibility index (Phi) is 4.53. The Balaban J connectivity index is 0.00000161. The molecule has 0 aliphatic carbocycles. The zero-order valence-corrected chi connectivity index (χ0v) is 12.5. The van der Waals surface area contributed by atoms with Crippen molar-refractivity contribution >= 4 is 35.0 Å². The van der Waals surface area contributed by atoms with Gasteiger partial charge in [0.15, 0.2) is 0 Å². The number of carbonyl (C=O) groups is 1. The summed E-state index contributed by atoms with van der Waals surface area (Å²) in [7, 11) is 0. The van der Waals surface area contributed by atoms with E-state index in [1.807, 2.05) is 0 Å². The van der Waals surface area contributed by atoms with E-state index in [0.717, 1.165) is 41.5 Å². The Labute approximate surface area is 128 Å². The van der Waals surface area contributed by atoms with Crippen LogP contribution in [0.3, 0.4) is 0 Å². The van der Waals surface area contributed by atoms with Gasteiger partial charge in [-0.1, -0.05) is 0 Å². The molecule has 1 aromatic heterocycles. The van der Waals surface area contributed by atoms with Crippen LogP contribution in [0.1, 0.15) is 29.3 Å². The van der Waals surface area contributed by atoms with E-state index in [1.165, 1.54) is 0 Å². The molecule has 6 heteroatoms. The number of H-pyrrole nitrogens is 1. The van der Waals surface area contributed by atoms with Crippen molar-refractivity contribution in [2.45, 2.75) is 19.8 Å². The Hall–Kier alpha value is -2.01. The lowest BCUT2D eigenvalue weighted by Crippen LogP contribution is -2.22. The highest BCUT2D eigenvalue weighted by atomic mass is 35.5. The molecule has 112 valence electrons. The number of carbonyl (C=O) groups excluding carboxylic acids is 1. The minimum atomic E-state index is -0.342. The van der Waals surface area contributed by atoms with E-state index < -0.39 is 0 Å². The lowest BCUT2D eigenvalue weighted by molar-refractivity contribution is 0.0526. The number of hydrogen-bond donors (Lipinski definition) is 2. The molecule has 0 unspecified atom stereocenters. The van der Waals surface area contributed by atoms with Crippen molar-refractivity contribution in [3.05, 3.63) is 39.7 Å². The number of benzene rings is 1. The summed E-state index contributed by atoms with van der Waals surface area (Å²) in [4.78, 5) is 26.7. The maximum absolute atomic E-state index is 12.0. The zero-order chi connectivity index (χ0) is 14.1. The maximum atomic E-state index is 12.0. The van der Waals surface area contributed by atoms with Crippen LogP contribution in [-0.4, -0.2) is 24.1 Å². The van der Waals surface area contributed by atoms with E-state index in [9.17, 15) is 9.59 Å². The van der Waals surface area contributed by atoms with Crippen molar-refractivity contribution in [1.82, 2.24) is 4.98 Å². The molecular weight excluding hydrogens is 292 g/mol. The van der Waals surface area contributed by atoms with Gasteiger partial charge < -0.3 is 15.0 Å². The quantitative estimate of drug-likeness (QED) is 0.836. The first-order chi connectivity index (χ1) is 9.70. The second-order valence-electron chi connectivity index (χ2n) is 4.82. The number of hydrogen-bond acceptors (Lipinski definition) is 4. The fourth-order valence-corrected chi connectivity index (χ4v) is 2.59. The van der Waals surface area contributed by atoms with Crippen LogP contribution in [0.4, 0.5) is 5.69 Å². The van der Waals surface area contributed by atoms with Crippen molar-refractivity contribution in [3.8, 4) is 0 Å². The van der Waals surface area contributed by atoms with E-state index in [0.29, 0.717) is 12.2 Å². The molecule has 0 spiro atoms. The molecule has 1 aliphatic heterocycles. The van der Waals surface area contributed by atoms with Gasteiger partial charge in [-0.3, -0.25) is 4.79 Å². The van der Waals surface area contributed by atoms with Gasteiger partial charge in [-0.2, -0.15) is 0 Å². The summed E-state index contributed by atoms with van der Waals surface area (Å²) in [5, 5.41) is 4.14. The second kappa shape index (κ2) is 6.18. The topological polar surface area (TPSA) is 71.2 Å². The van der Waals surface area contributed by atoms with Gasteiger partial charge in [-0.05, 0) is 38.0 Å². The Morgan fingerprint density at radius 2 is 2.19 bits per heavy atom. The fourth-order valence-electron chi connectivity index (χ4n) is 2.59. The number of halogens is 1. The summed E-state index contributed by atoms with van der Waals surface area (Å²) in [6.07, 6.45) is 1.70. The molecule has 0 amide bonds. The van der Waals surface area contributed by atoms with Gasteiger partial charge in [0, 0.05) is 17.5 Å². The van der Waals surface area contributed by atoms with Gasteiger partial charge >= 0.3 is 5.97 Å². The third-order valence-corrected chi connectivity index (χ3v) is 3.53. The van der Waals surface area contributed by atoms with Crippen LogP contribution in [0.5, 0.6) is 0 Å². The number of fused-ring (bicyclic) bond motifs is 3. The average Bonchev–Trinajstić information content (AvgIpc) is 2.47. The van der Waals surface area contributed by atoms with E-state index in [-0.39, 0.29) is 23.9 Å². The number of pyridine rings is 1. The van der Waals surface area contributed by atoms with Crippen LogP contribution in [0, 0.1) is 0 Å². The van der Waals surface area contributed by atoms with Crippen LogP contribution < -0.4 is 10.9 Å². The van der Waals surface area contributed by atoms with Gasteiger partial charge in [0.1, 0.15) is 0 Å². The molecule has 3 rings (SSSR count). The first-order valence-electron chi connectivity index (χ1n) is 6.80. The summed E-state index contributed by atoms with van der Waals surface area (Å²) in [5.41, 5.74) is 2.80. The fraction of sp³-hybridized carbons (Fsp3) is 0.333. The number of ether oxygens (including phenoxy) is 1. The van der Waals surface area contributed by atoms with Crippen LogP contribution in [0.2, 0.25) is 0 Å². The molecule has 0 atom stereocenters. The molecule has 5 nitrogen and oxygen atoms in total. The molecule has 2 aromatic rings. The SMILES string of the molecule is CCOC(=O)c1ccc2[nH]c(=O)c3c(c2c1)NCCC3.Cl. The number of aromatic amines is 1. The van der Waals surface area contributed by atoms with Gasteiger partial charge in [0.05, 0.1) is 23.4 Å². The monoisotopic (exact) mass is 308 g/mol. The molecule has 0 saturated heterocycles. The molecule has 0 saturated carbocycles. The molecule has 1 aromatic carbocycles. The van der Waals surface area contributed by atoms with Crippen LogP contribution in [0.15, 0.2) is 23.0 Å². The standard InChI is InChI=1S/C15H16N2O3.ClH/c1-2-20-15(19)9-5-6-12-11(8-9)13-10(14(18)17-12)4-3-7-16-13;/h5-6,8,16H,2-4,7H2,1H3,(H,17,18);1H. The molecule has 2 heterocycles. The number of nitrogens with one attached hydrogen (secondary N) is 2. The number of rotatable bonds is 2. The summed E-state index contributed by atoms with van der Waals surface area (Å²) in [6.45, 7) is 2.97. The van der Waals surface area contributed by atoms with E-state index in [4.69, 9.17) is 4.74 Å². The molecule has 0 bridgehead atoms. The minimum Gasteiger partial charge on any atom is -0.462 e. The highest BCUT2D eigenvalue weighted by Gasteiger charge is 2.17. The molecule has 0 radical (unpaired) electrons. The highest BCUT2D eigenvalue weighted by Crippen LogP contribution is 2.28. The number of aromatic nitrogens is 1. The summed E-state index contributed by atoms with van der Waals surface area (Å²) in [6, 6.07) is 5.20.